The summed E-state index contributed by atoms with van der Waals surface area (Å²) in [5.74, 6) is -0.0121. The molecule has 4 nitrogen and oxygen atoms in total. The maximum atomic E-state index is 11.8. The van der Waals surface area contributed by atoms with Gasteiger partial charge >= 0.3 is 0 Å². The second-order valence-corrected chi connectivity index (χ2v) is 5.97. The van der Waals surface area contributed by atoms with Gasteiger partial charge in [0.05, 0.1) is 6.04 Å². The highest BCUT2D eigenvalue weighted by Crippen LogP contribution is 2.19. The minimum atomic E-state index is -0.354. The SMILES string of the molecule is CCCC(N)C(=O)NCC(C)(C)N1CCCCC1.Cl. The molecule has 0 aliphatic carbocycles. The second-order valence-electron chi connectivity index (χ2n) is 5.97. The number of halogens is 1. The Morgan fingerprint density at radius 3 is 2.42 bits per heavy atom. The topological polar surface area (TPSA) is 58.4 Å². The van der Waals surface area contributed by atoms with Crippen LogP contribution in [0.3, 0.4) is 0 Å². The van der Waals surface area contributed by atoms with Crippen molar-refractivity contribution in [3.63, 3.8) is 0 Å². The lowest BCUT2D eigenvalue weighted by molar-refractivity contribution is -0.123. The standard InChI is InChI=1S/C14H29N3O.ClH/c1-4-8-12(15)13(18)16-11-14(2,3)17-9-6-5-7-10-17;/h12H,4-11,15H2,1-3H3,(H,16,18);1H. The lowest BCUT2D eigenvalue weighted by Crippen LogP contribution is -2.55. The van der Waals surface area contributed by atoms with Gasteiger partial charge in [-0.2, -0.15) is 0 Å². The van der Waals surface area contributed by atoms with Crippen LogP contribution in [0, 0.1) is 0 Å². The van der Waals surface area contributed by atoms with Gasteiger partial charge in [0.1, 0.15) is 0 Å². The Bertz CT molecular complexity index is 265. The summed E-state index contributed by atoms with van der Waals surface area (Å²) in [4.78, 5) is 14.3. The van der Waals surface area contributed by atoms with Crippen molar-refractivity contribution in [2.75, 3.05) is 19.6 Å². The van der Waals surface area contributed by atoms with Crippen molar-refractivity contribution in [2.45, 2.75) is 64.5 Å². The summed E-state index contributed by atoms with van der Waals surface area (Å²) in [5, 5.41) is 3.00. The lowest BCUT2D eigenvalue weighted by atomic mass is 9.98. The first kappa shape index (κ1) is 18.7. The van der Waals surface area contributed by atoms with Gasteiger partial charge in [-0.15, -0.1) is 12.4 Å². The average molecular weight is 292 g/mol. The maximum Gasteiger partial charge on any atom is 0.236 e. The van der Waals surface area contributed by atoms with E-state index in [0.717, 1.165) is 25.9 Å². The minimum Gasteiger partial charge on any atom is -0.353 e. The first-order valence-corrected chi connectivity index (χ1v) is 7.25. The molecule has 1 aliphatic rings. The van der Waals surface area contributed by atoms with Crippen LogP contribution < -0.4 is 11.1 Å². The van der Waals surface area contributed by atoms with Crippen LogP contribution in [0.4, 0.5) is 0 Å². The Balaban J connectivity index is 0.00000324. The highest BCUT2D eigenvalue weighted by Gasteiger charge is 2.28. The number of hydrogen-bond acceptors (Lipinski definition) is 3. The molecule has 0 bridgehead atoms. The van der Waals surface area contributed by atoms with Gasteiger partial charge in [-0.05, 0) is 46.2 Å². The maximum absolute atomic E-state index is 11.8. The van der Waals surface area contributed by atoms with E-state index in [4.69, 9.17) is 5.73 Å². The highest BCUT2D eigenvalue weighted by molar-refractivity contribution is 5.85. The summed E-state index contributed by atoms with van der Waals surface area (Å²) < 4.78 is 0. The van der Waals surface area contributed by atoms with Gasteiger partial charge in [0.15, 0.2) is 0 Å². The van der Waals surface area contributed by atoms with E-state index in [9.17, 15) is 4.79 Å². The zero-order valence-electron chi connectivity index (χ0n) is 12.6. The molecule has 1 amide bonds. The zero-order chi connectivity index (χ0) is 13.6. The van der Waals surface area contributed by atoms with Crippen molar-refractivity contribution >= 4 is 18.3 Å². The first-order chi connectivity index (χ1) is 8.47. The molecule has 5 heteroatoms. The molecule has 1 saturated heterocycles. The van der Waals surface area contributed by atoms with Crippen molar-refractivity contribution < 1.29 is 4.79 Å². The fourth-order valence-corrected chi connectivity index (χ4v) is 2.49. The van der Waals surface area contributed by atoms with Crippen LogP contribution in [0.25, 0.3) is 0 Å². The molecule has 1 fully saturated rings. The smallest absolute Gasteiger partial charge is 0.236 e. The number of nitrogens with two attached hydrogens (primary N) is 1. The van der Waals surface area contributed by atoms with E-state index in [1.807, 2.05) is 6.92 Å². The van der Waals surface area contributed by atoms with Crippen molar-refractivity contribution in [1.29, 1.82) is 0 Å². The van der Waals surface area contributed by atoms with Gasteiger partial charge in [0, 0.05) is 12.1 Å². The van der Waals surface area contributed by atoms with Gasteiger partial charge in [0.25, 0.3) is 0 Å². The minimum absolute atomic E-state index is 0. The normalized spacial score (nSPS) is 18.5. The molecule has 1 rings (SSSR count). The van der Waals surface area contributed by atoms with Gasteiger partial charge in [-0.25, -0.2) is 0 Å². The number of rotatable bonds is 6. The second kappa shape index (κ2) is 8.77. The van der Waals surface area contributed by atoms with E-state index in [0.29, 0.717) is 6.54 Å². The van der Waals surface area contributed by atoms with Crippen LogP contribution in [0.15, 0.2) is 0 Å². The summed E-state index contributed by atoms with van der Waals surface area (Å²) in [6, 6.07) is -0.354. The summed E-state index contributed by atoms with van der Waals surface area (Å²) in [6.07, 6.45) is 5.58. The molecule has 1 unspecified atom stereocenters. The third kappa shape index (κ3) is 6.11. The molecule has 0 saturated carbocycles. The third-order valence-electron chi connectivity index (χ3n) is 3.84. The van der Waals surface area contributed by atoms with Crippen LogP contribution in [-0.4, -0.2) is 42.0 Å². The Kier molecular flexibility index (Phi) is 8.62. The van der Waals surface area contributed by atoms with Crippen molar-refractivity contribution in [3.05, 3.63) is 0 Å². The van der Waals surface area contributed by atoms with Crippen LogP contribution >= 0.6 is 12.4 Å². The van der Waals surface area contributed by atoms with Gasteiger partial charge in [-0.3, -0.25) is 9.69 Å². The molecule has 0 radical (unpaired) electrons. The average Bonchev–Trinajstić information content (AvgIpc) is 2.37. The van der Waals surface area contributed by atoms with E-state index in [1.165, 1.54) is 19.3 Å². The lowest BCUT2D eigenvalue weighted by Gasteiger charge is -2.41. The van der Waals surface area contributed by atoms with E-state index in [2.05, 4.69) is 24.1 Å². The van der Waals surface area contributed by atoms with Crippen LogP contribution in [0.1, 0.15) is 52.9 Å². The number of nitrogens with zero attached hydrogens (tertiary/aromatic N) is 1. The van der Waals surface area contributed by atoms with E-state index in [1.54, 1.807) is 0 Å². The van der Waals surface area contributed by atoms with Crippen LogP contribution in [-0.2, 0) is 4.79 Å². The molecule has 0 aromatic heterocycles. The monoisotopic (exact) mass is 291 g/mol. The first-order valence-electron chi connectivity index (χ1n) is 7.25. The predicted molar refractivity (Wildman–Crippen MR) is 82.6 cm³/mol. The Morgan fingerprint density at radius 1 is 1.32 bits per heavy atom. The summed E-state index contributed by atoms with van der Waals surface area (Å²) in [6.45, 7) is 9.41. The van der Waals surface area contributed by atoms with E-state index < -0.39 is 0 Å². The Labute approximate surface area is 123 Å². The molecule has 0 aromatic rings. The van der Waals surface area contributed by atoms with Crippen LogP contribution in [0.2, 0.25) is 0 Å². The van der Waals surface area contributed by atoms with Gasteiger partial charge in [-0.1, -0.05) is 19.8 Å². The summed E-state index contributed by atoms with van der Waals surface area (Å²) >= 11 is 0. The number of carbonyl (C=O) groups is 1. The quantitative estimate of drug-likeness (QED) is 0.786. The molecule has 19 heavy (non-hydrogen) atoms. The Hall–Kier alpha value is -0.320. The highest BCUT2D eigenvalue weighted by atomic mass is 35.5. The fraction of sp³-hybridized carbons (Fsp3) is 0.929. The predicted octanol–water partition coefficient (Wildman–Crippen LogP) is 1.92. The van der Waals surface area contributed by atoms with Crippen molar-refractivity contribution in [3.8, 4) is 0 Å². The summed E-state index contributed by atoms with van der Waals surface area (Å²) in [5.41, 5.74) is 5.84. The zero-order valence-corrected chi connectivity index (χ0v) is 13.4. The van der Waals surface area contributed by atoms with Crippen molar-refractivity contribution in [2.24, 2.45) is 5.73 Å². The van der Waals surface area contributed by atoms with Gasteiger partial charge in [0.2, 0.25) is 5.91 Å². The van der Waals surface area contributed by atoms with Crippen molar-refractivity contribution in [1.82, 2.24) is 10.2 Å². The van der Waals surface area contributed by atoms with E-state index >= 15 is 0 Å². The number of likely N-dealkylation sites (tertiary alicyclic amines) is 1. The largest absolute Gasteiger partial charge is 0.353 e. The Morgan fingerprint density at radius 2 is 1.89 bits per heavy atom. The number of nitrogens with one attached hydrogen (secondary N) is 1. The molecule has 3 N–H and O–H groups in total. The molecule has 0 spiro atoms. The number of carbonyl (C=O) groups excluding carboxylic acids is 1. The molecular formula is C14H30ClN3O. The number of hydrogen-bond donors (Lipinski definition) is 2. The molecular weight excluding hydrogens is 262 g/mol. The third-order valence-corrected chi connectivity index (χ3v) is 3.84. The molecule has 1 heterocycles. The number of amides is 1. The fourth-order valence-electron chi connectivity index (χ4n) is 2.49. The number of piperidine rings is 1. The molecule has 1 atom stereocenters. The molecule has 1 aliphatic heterocycles. The van der Waals surface area contributed by atoms with Crippen LogP contribution in [0.5, 0.6) is 0 Å². The summed E-state index contributed by atoms with van der Waals surface area (Å²) in [7, 11) is 0. The molecule has 0 aromatic carbocycles. The van der Waals surface area contributed by atoms with E-state index in [-0.39, 0.29) is 29.9 Å². The molecule has 114 valence electrons. The van der Waals surface area contributed by atoms with Gasteiger partial charge < -0.3 is 11.1 Å².